The van der Waals surface area contributed by atoms with Crippen molar-refractivity contribution >= 4 is 5.91 Å². The van der Waals surface area contributed by atoms with Gasteiger partial charge in [0.15, 0.2) is 0 Å². The third kappa shape index (κ3) is 3.94. The van der Waals surface area contributed by atoms with E-state index in [0.717, 1.165) is 5.56 Å². The summed E-state index contributed by atoms with van der Waals surface area (Å²) in [4.78, 5) is 20.4. The third-order valence-corrected chi connectivity index (χ3v) is 2.85. The molecule has 0 atom stereocenters. The van der Waals surface area contributed by atoms with Gasteiger partial charge in [-0.15, -0.1) is 0 Å². The lowest BCUT2D eigenvalue weighted by atomic mass is 10.2. The number of nitrogens with zero attached hydrogens (tertiary/aromatic N) is 2. The van der Waals surface area contributed by atoms with Gasteiger partial charge in [0.2, 0.25) is 11.8 Å². The third-order valence-electron chi connectivity index (χ3n) is 2.85. The summed E-state index contributed by atoms with van der Waals surface area (Å²) in [6.45, 7) is 4.17. The Hall–Kier alpha value is -2.63. The smallest absolute Gasteiger partial charge is 0.257 e. The summed E-state index contributed by atoms with van der Waals surface area (Å²) in [5, 5.41) is 2.82. The molecule has 22 heavy (non-hydrogen) atoms. The summed E-state index contributed by atoms with van der Waals surface area (Å²) in [5.41, 5.74) is 1.20. The van der Waals surface area contributed by atoms with Gasteiger partial charge in [0.05, 0.1) is 13.2 Å². The minimum atomic E-state index is -0.260. The molecule has 2 rings (SSSR count). The van der Waals surface area contributed by atoms with E-state index in [1.807, 2.05) is 19.9 Å². The first-order chi connectivity index (χ1) is 10.6. The zero-order valence-corrected chi connectivity index (χ0v) is 12.9. The molecule has 0 radical (unpaired) electrons. The van der Waals surface area contributed by atoms with Gasteiger partial charge >= 0.3 is 0 Å². The fourth-order valence-corrected chi connectivity index (χ4v) is 1.89. The highest BCUT2D eigenvalue weighted by atomic mass is 16.5. The molecule has 0 aliphatic rings. The van der Waals surface area contributed by atoms with Crippen molar-refractivity contribution in [1.82, 2.24) is 15.3 Å². The maximum atomic E-state index is 12.2. The highest BCUT2D eigenvalue weighted by molar-refractivity contribution is 5.96. The van der Waals surface area contributed by atoms with Gasteiger partial charge in [0.25, 0.3) is 5.91 Å². The minimum absolute atomic E-state index is 0.0165. The summed E-state index contributed by atoms with van der Waals surface area (Å²) in [5.74, 6) is 0.560. The number of pyridine rings is 2. The van der Waals surface area contributed by atoms with Gasteiger partial charge in [-0.2, -0.15) is 0 Å². The molecule has 2 heterocycles. The second-order valence-corrected chi connectivity index (χ2v) is 4.88. The number of carbonyl (C=O) groups excluding carboxylic acids is 1. The molecule has 1 N–H and O–H groups in total. The number of methoxy groups -OCH3 is 1. The van der Waals surface area contributed by atoms with Crippen LogP contribution in [0.1, 0.15) is 29.8 Å². The van der Waals surface area contributed by atoms with Crippen LogP contribution in [0.5, 0.6) is 11.8 Å². The molecular weight excluding hydrogens is 282 g/mol. The number of nitrogens with one attached hydrogen (secondary N) is 1. The number of rotatable bonds is 6. The minimum Gasteiger partial charge on any atom is -0.480 e. The second kappa shape index (κ2) is 7.40. The van der Waals surface area contributed by atoms with E-state index in [1.54, 1.807) is 30.6 Å². The van der Waals surface area contributed by atoms with Crippen LogP contribution in [0.2, 0.25) is 0 Å². The predicted octanol–water partition coefficient (Wildman–Crippen LogP) is 2.20. The fraction of sp³-hybridized carbons (Fsp3) is 0.312. The average molecular weight is 301 g/mol. The summed E-state index contributed by atoms with van der Waals surface area (Å²) < 4.78 is 10.7. The Balaban J connectivity index is 2.08. The summed E-state index contributed by atoms with van der Waals surface area (Å²) in [6, 6.07) is 7.02. The highest BCUT2D eigenvalue weighted by Gasteiger charge is 2.14. The zero-order chi connectivity index (χ0) is 15.9. The molecule has 6 nitrogen and oxygen atoms in total. The van der Waals surface area contributed by atoms with Crippen LogP contribution in [-0.2, 0) is 6.54 Å². The van der Waals surface area contributed by atoms with Crippen molar-refractivity contribution in [2.45, 2.75) is 26.5 Å². The number of ether oxygens (including phenoxy) is 2. The largest absolute Gasteiger partial charge is 0.480 e. The Morgan fingerprint density at radius 2 is 1.86 bits per heavy atom. The summed E-state index contributed by atoms with van der Waals surface area (Å²) in [7, 11) is 1.48. The van der Waals surface area contributed by atoms with Crippen LogP contribution in [0.25, 0.3) is 0 Å². The van der Waals surface area contributed by atoms with E-state index < -0.39 is 0 Å². The van der Waals surface area contributed by atoms with Crippen molar-refractivity contribution in [2.75, 3.05) is 7.11 Å². The van der Waals surface area contributed by atoms with E-state index in [0.29, 0.717) is 23.9 Å². The molecule has 0 unspecified atom stereocenters. The van der Waals surface area contributed by atoms with Gasteiger partial charge < -0.3 is 14.8 Å². The van der Waals surface area contributed by atoms with Crippen molar-refractivity contribution < 1.29 is 14.3 Å². The van der Waals surface area contributed by atoms with Crippen LogP contribution >= 0.6 is 0 Å². The van der Waals surface area contributed by atoms with Crippen molar-refractivity contribution in [3.8, 4) is 11.8 Å². The zero-order valence-electron chi connectivity index (χ0n) is 12.9. The van der Waals surface area contributed by atoms with Crippen molar-refractivity contribution in [1.29, 1.82) is 0 Å². The van der Waals surface area contributed by atoms with Gasteiger partial charge in [-0.05, 0) is 32.0 Å². The number of aromatic nitrogens is 2. The molecule has 2 aromatic heterocycles. The van der Waals surface area contributed by atoms with E-state index in [-0.39, 0.29) is 12.0 Å². The van der Waals surface area contributed by atoms with Crippen LogP contribution in [-0.4, -0.2) is 29.1 Å². The SMILES string of the molecule is COc1ncccc1C(=O)NCc1cccnc1OC(C)C. The standard InChI is InChI=1S/C16H19N3O3/c1-11(2)22-15-12(6-4-8-17-15)10-19-14(20)13-7-5-9-18-16(13)21-3/h4-9,11H,10H2,1-3H3,(H,19,20). The Labute approximate surface area is 129 Å². The molecule has 0 fully saturated rings. The maximum Gasteiger partial charge on any atom is 0.257 e. The average Bonchev–Trinajstić information content (AvgIpc) is 2.53. The molecule has 0 spiro atoms. The molecule has 116 valence electrons. The van der Waals surface area contributed by atoms with Gasteiger partial charge in [-0.25, -0.2) is 9.97 Å². The first kappa shape index (κ1) is 15.8. The number of hydrogen-bond acceptors (Lipinski definition) is 5. The predicted molar refractivity (Wildman–Crippen MR) is 82.0 cm³/mol. The number of carbonyl (C=O) groups is 1. The van der Waals surface area contributed by atoms with Crippen molar-refractivity contribution in [2.24, 2.45) is 0 Å². The van der Waals surface area contributed by atoms with Crippen LogP contribution < -0.4 is 14.8 Å². The lowest BCUT2D eigenvalue weighted by molar-refractivity contribution is 0.0946. The Kier molecular flexibility index (Phi) is 5.30. The van der Waals surface area contributed by atoms with Crippen LogP contribution in [0.4, 0.5) is 0 Å². The van der Waals surface area contributed by atoms with E-state index in [2.05, 4.69) is 15.3 Å². The molecular formula is C16H19N3O3. The second-order valence-electron chi connectivity index (χ2n) is 4.88. The summed E-state index contributed by atoms with van der Waals surface area (Å²) >= 11 is 0. The molecule has 0 bridgehead atoms. The lowest BCUT2D eigenvalue weighted by Gasteiger charge is -2.13. The van der Waals surface area contributed by atoms with Crippen molar-refractivity contribution in [3.05, 3.63) is 47.8 Å². The Bertz CT molecular complexity index is 644. The molecule has 0 aliphatic carbocycles. The number of amides is 1. The summed E-state index contributed by atoms with van der Waals surface area (Å²) in [6.07, 6.45) is 3.25. The van der Waals surface area contributed by atoms with E-state index in [1.165, 1.54) is 7.11 Å². The molecule has 6 heteroatoms. The van der Waals surface area contributed by atoms with Crippen LogP contribution in [0, 0.1) is 0 Å². The Morgan fingerprint density at radius 1 is 1.18 bits per heavy atom. The van der Waals surface area contributed by atoms with Crippen LogP contribution in [0.15, 0.2) is 36.7 Å². The Morgan fingerprint density at radius 3 is 2.55 bits per heavy atom. The first-order valence-electron chi connectivity index (χ1n) is 6.99. The van der Waals surface area contributed by atoms with Gasteiger partial charge in [-0.3, -0.25) is 4.79 Å². The molecule has 0 saturated heterocycles. The first-order valence-corrected chi connectivity index (χ1v) is 6.99. The molecule has 1 amide bonds. The van der Waals surface area contributed by atoms with E-state index in [9.17, 15) is 4.79 Å². The van der Waals surface area contributed by atoms with E-state index >= 15 is 0 Å². The van der Waals surface area contributed by atoms with Crippen LogP contribution in [0.3, 0.4) is 0 Å². The number of hydrogen-bond donors (Lipinski definition) is 1. The topological polar surface area (TPSA) is 73.3 Å². The lowest BCUT2D eigenvalue weighted by Crippen LogP contribution is -2.24. The monoisotopic (exact) mass is 301 g/mol. The van der Waals surface area contributed by atoms with Crippen molar-refractivity contribution in [3.63, 3.8) is 0 Å². The van der Waals surface area contributed by atoms with E-state index in [4.69, 9.17) is 9.47 Å². The molecule has 2 aromatic rings. The fourth-order valence-electron chi connectivity index (χ4n) is 1.89. The maximum absolute atomic E-state index is 12.2. The quantitative estimate of drug-likeness (QED) is 0.885. The normalized spacial score (nSPS) is 10.4. The highest BCUT2D eigenvalue weighted by Crippen LogP contribution is 2.17. The molecule has 0 aliphatic heterocycles. The van der Waals surface area contributed by atoms with Gasteiger partial charge in [-0.1, -0.05) is 6.07 Å². The van der Waals surface area contributed by atoms with Gasteiger partial charge in [0.1, 0.15) is 5.56 Å². The van der Waals surface area contributed by atoms with Gasteiger partial charge in [0, 0.05) is 24.5 Å². The molecule has 0 aromatic carbocycles. The molecule has 0 saturated carbocycles.